The van der Waals surface area contributed by atoms with Crippen LogP contribution in [0.15, 0.2) is 0 Å². The van der Waals surface area contributed by atoms with Crippen LogP contribution in [0.5, 0.6) is 0 Å². The van der Waals surface area contributed by atoms with Crippen molar-refractivity contribution in [2.75, 3.05) is 6.61 Å². The van der Waals surface area contributed by atoms with Crippen LogP contribution in [-0.2, 0) is 4.79 Å². The predicted octanol–water partition coefficient (Wildman–Crippen LogP) is 7.59. The fourth-order valence-electron chi connectivity index (χ4n) is 4.92. The molecule has 0 fully saturated rings. The van der Waals surface area contributed by atoms with Gasteiger partial charge in [0.25, 0.3) is 0 Å². The second kappa shape index (κ2) is 27.4. The summed E-state index contributed by atoms with van der Waals surface area (Å²) in [5.41, 5.74) is 0. The predicted molar refractivity (Wildman–Crippen MR) is 153 cm³/mol. The van der Waals surface area contributed by atoms with Gasteiger partial charge in [-0.1, -0.05) is 149 Å². The van der Waals surface area contributed by atoms with E-state index in [1.807, 2.05) is 0 Å². The van der Waals surface area contributed by atoms with E-state index in [2.05, 4.69) is 19.2 Å². The van der Waals surface area contributed by atoms with Gasteiger partial charge in [0.2, 0.25) is 5.91 Å². The number of aliphatic hydroxyl groups excluding tert-OH is 3. The lowest BCUT2D eigenvalue weighted by molar-refractivity contribution is -0.124. The number of unbranched alkanes of at least 4 members (excludes halogenated alkanes) is 20. The molecule has 1 amide bonds. The molecular weight excluding hydrogens is 450 g/mol. The van der Waals surface area contributed by atoms with Crippen LogP contribution in [0.3, 0.4) is 0 Å². The lowest BCUT2D eigenvalue weighted by Gasteiger charge is -2.26. The molecule has 0 aliphatic heterocycles. The molecule has 0 aliphatic carbocycles. The average molecular weight is 514 g/mol. The highest BCUT2D eigenvalue weighted by Gasteiger charge is 2.26. The lowest BCUT2D eigenvalue weighted by atomic mass is 9.99. The van der Waals surface area contributed by atoms with Crippen molar-refractivity contribution in [2.45, 2.75) is 186 Å². The molecule has 0 aliphatic rings. The van der Waals surface area contributed by atoms with Gasteiger partial charge in [0.05, 0.1) is 18.8 Å². The van der Waals surface area contributed by atoms with Crippen LogP contribution in [0.1, 0.15) is 168 Å². The fourth-order valence-corrected chi connectivity index (χ4v) is 4.92. The van der Waals surface area contributed by atoms with Gasteiger partial charge in [0.1, 0.15) is 6.10 Å². The zero-order valence-corrected chi connectivity index (χ0v) is 24.2. The number of rotatable bonds is 28. The largest absolute Gasteiger partial charge is 0.394 e. The number of aliphatic hydroxyl groups is 3. The number of hydrogen-bond acceptors (Lipinski definition) is 4. The molecule has 36 heavy (non-hydrogen) atoms. The van der Waals surface area contributed by atoms with Crippen molar-refractivity contribution in [3.63, 3.8) is 0 Å². The van der Waals surface area contributed by atoms with Crippen molar-refractivity contribution in [3.05, 3.63) is 0 Å². The highest BCUT2D eigenvalue weighted by molar-refractivity contribution is 5.76. The van der Waals surface area contributed by atoms with E-state index in [0.29, 0.717) is 12.8 Å². The average Bonchev–Trinajstić information content (AvgIpc) is 2.88. The Hall–Kier alpha value is -0.650. The van der Waals surface area contributed by atoms with Crippen molar-refractivity contribution in [1.82, 2.24) is 5.32 Å². The summed E-state index contributed by atoms with van der Waals surface area (Å²) in [4.78, 5) is 12.2. The summed E-state index contributed by atoms with van der Waals surface area (Å²) in [6.45, 7) is 4.13. The summed E-state index contributed by atoms with van der Waals surface area (Å²) < 4.78 is 0. The minimum atomic E-state index is -1.13. The molecule has 5 heteroatoms. The number of nitrogens with one attached hydrogen (secondary N) is 1. The summed E-state index contributed by atoms with van der Waals surface area (Å²) >= 11 is 0. The first-order valence-corrected chi connectivity index (χ1v) is 15.8. The van der Waals surface area contributed by atoms with Gasteiger partial charge in [0.15, 0.2) is 0 Å². The van der Waals surface area contributed by atoms with Crippen LogP contribution in [0, 0.1) is 0 Å². The molecule has 5 nitrogen and oxygen atoms in total. The molecule has 3 atom stereocenters. The highest BCUT2D eigenvalue weighted by Crippen LogP contribution is 2.15. The smallest absolute Gasteiger partial charge is 0.220 e. The van der Waals surface area contributed by atoms with Crippen LogP contribution >= 0.6 is 0 Å². The topological polar surface area (TPSA) is 89.8 Å². The summed E-state index contributed by atoms with van der Waals surface area (Å²) in [5, 5.41) is 33.1. The normalized spacial score (nSPS) is 14.0. The van der Waals surface area contributed by atoms with Crippen molar-refractivity contribution >= 4 is 5.91 Å². The molecule has 0 aromatic rings. The number of amides is 1. The van der Waals surface area contributed by atoms with E-state index in [0.717, 1.165) is 38.5 Å². The van der Waals surface area contributed by atoms with Crippen LogP contribution in [0.2, 0.25) is 0 Å². The van der Waals surface area contributed by atoms with E-state index in [1.165, 1.54) is 103 Å². The third-order valence-corrected chi connectivity index (χ3v) is 7.46. The summed E-state index contributed by atoms with van der Waals surface area (Å²) in [6, 6.07) is -0.798. The Labute approximate surface area is 224 Å². The molecule has 0 aromatic heterocycles. The standard InChI is InChI=1S/C31H63NO4/c1-3-5-7-9-11-13-15-17-19-21-23-25-29(34)31(36)28(27-33)32-30(35)26-24-22-20-18-16-14-12-10-8-6-4-2/h28-29,31,33-34,36H,3-27H2,1-2H3,(H,32,35)/t28-,29+,31-/m0/s1. The van der Waals surface area contributed by atoms with E-state index < -0.39 is 18.2 Å². The van der Waals surface area contributed by atoms with Crippen molar-refractivity contribution in [3.8, 4) is 0 Å². The number of hydrogen-bond donors (Lipinski definition) is 4. The number of carbonyl (C=O) groups is 1. The Morgan fingerprint density at radius 1 is 0.583 bits per heavy atom. The van der Waals surface area contributed by atoms with Gasteiger partial charge in [0, 0.05) is 6.42 Å². The van der Waals surface area contributed by atoms with Crippen molar-refractivity contribution < 1.29 is 20.1 Å². The van der Waals surface area contributed by atoms with Gasteiger partial charge in [-0.25, -0.2) is 0 Å². The monoisotopic (exact) mass is 513 g/mol. The van der Waals surface area contributed by atoms with Gasteiger partial charge in [-0.3, -0.25) is 4.79 Å². The SMILES string of the molecule is CCCCCCCCCCCCCC(=O)N[C@@H](CO)[C@H](O)[C@H](O)CCCCCCCCCCCCC. The minimum absolute atomic E-state index is 0.147. The minimum Gasteiger partial charge on any atom is -0.394 e. The van der Waals surface area contributed by atoms with Gasteiger partial charge in [-0.2, -0.15) is 0 Å². The van der Waals surface area contributed by atoms with E-state index in [4.69, 9.17) is 0 Å². The maximum atomic E-state index is 12.2. The van der Waals surface area contributed by atoms with Gasteiger partial charge in [-0.05, 0) is 12.8 Å². The van der Waals surface area contributed by atoms with Crippen LogP contribution in [0.4, 0.5) is 0 Å². The van der Waals surface area contributed by atoms with E-state index >= 15 is 0 Å². The maximum absolute atomic E-state index is 12.2. The molecule has 0 spiro atoms. The maximum Gasteiger partial charge on any atom is 0.220 e. The molecule has 0 rings (SSSR count). The van der Waals surface area contributed by atoms with Gasteiger partial charge < -0.3 is 20.6 Å². The third kappa shape index (κ3) is 22.5. The van der Waals surface area contributed by atoms with E-state index in [9.17, 15) is 20.1 Å². The third-order valence-electron chi connectivity index (χ3n) is 7.46. The molecule has 0 aromatic carbocycles. The van der Waals surface area contributed by atoms with Gasteiger partial charge >= 0.3 is 0 Å². The first-order valence-electron chi connectivity index (χ1n) is 15.8. The highest BCUT2D eigenvalue weighted by atomic mass is 16.3. The molecule has 216 valence electrons. The Morgan fingerprint density at radius 2 is 0.944 bits per heavy atom. The van der Waals surface area contributed by atoms with Crippen LogP contribution in [-0.4, -0.2) is 46.1 Å². The lowest BCUT2D eigenvalue weighted by Crippen LogP contribution is -2.50. The Morgan fingerprint density at radius 3 is 1.33 bits per heavy atom. The van der Waals surface area contributed by atoms with E-state index in [-0.39, 0.29) is 12.5 Å². The van der Waals surface area contributed by atoms with Crippen molar-refractivity contribution in [1.29, 1.82) is 0 Å². The Balaban J connectivity index is 3.74. The van der Waals surface area contributed by atoms with Crippen LogP contribution in [0.25, 0.3) is 0 Å². The molecule has 0 heterocycles. The molecule has 0 unspecified atom stereocenters. The molecule has 0 saturated carbocycles. The Kier molecular flexibility index (Phi) is 26.9. The molecular formula is C31H63NO4. The molecule has 4 N–H and O–H groups in total. The first kappa shape index (κ1) is 35.4. The second-order valence-corrected chi connectivity index (χ2v) is 11.0. The summed E-state index contributed by atoms with van der Waals surface area (Å²) in [6.07, 6.45) is 26.1. The number of carbonyl (C=O) groups excluding carboxylic acids is 1. The first-order chi connectivity index (χ1) is 17.6. The quantitative estimate of drug-likeness (QED) is 0.0811. The van der Waals surface area contributed by atoms with Crippen LogP contribution < -0.4 is 5.32 Å². The Bertz CT molecular complexity index is 460. The molecule has 0 saturated heterocycles. The summed E-state index contributed by atoms with van der Waals surface area (Å²) in [7, 11) is 0. The zero-order valence-electron chi connectivity index (χ0n) is 24.2. The fraction of sp³-hybridized carbons (Fsp3) is 0.968. The summed E-state index contributed by atoms with van der Waals surface area (Å²) in [5.74, 6) is -0.147. The molecule has 0 bridgehead atoms. The zero-order chi connectivity index (χ0) is 26.7. The van der Waals surface area contributed by atoms with E-state index in [1.54, 1.807) is 0 Å². The second-order valence-electron chi connectivity index (χ2n) is 11.0. The van der Waals surface area contributed by atoms with Gasteiger partial charge in [-0.15, -0.1) is 0 Å². The molecule has 0 radical (unpaired) electrons. The van der Waals surface area contributed by atoms with Crippen molar-refractivity contribution in [2.24, 2.45) is 0 Å².